The van der Waals surface area contributed by atoms with Crippen molar-refractivity contribution in [1.82, 2.24) is 10.2 Å². The zero-order chi connectivity index (χ0) is 16.0. The molecule has 118 valence electrons. The smallest absolute Gasteiger partial charge is 0.341 e. The molecule has 0 bridgehead atoms. The Labute approximate surface area is 139 Å². The van der Waals surface area contributed by atoms with E-state index in [1.165, 1.54) is 16.7 Å². The first-order chi connectivity index (χ1) is 9.90. The Kier molecular flexibility index (Phi) is 7.40. The number of hydrogen-bond acceptors (Lipinski definition) is 6. The summed E-state index contributed by atoms with van der Waals surface area (Å²) in [5.41, 5.74) is 0. The summed E-state index contributed by atoms with van der Waals surface area (Å²) >= 11 is 9.54. The summed E-state index contributed by atoms with van der Waals surface area (Å²) in [5, 5.41) is 11.7. The third-order valence-corrected chi connectivity index (χ3v) is 4.20. The van der Waals surface area contributed by atoms with Gasteiger partial charge in [0.25, 0.3) is 0 Å². The molecule has 10 heteroatoms. The minimum atomic E-state index is -1.13. The third kappa shape index (κ3) is 5.11. The standard InChI is InChI=1S/C11H15BrN2O5S2/c1-21-5-7(15)13-10-6(2-12)14(11(10)18)3-9(20)19-4-8(16)17/h6,10H,2-5H2,1H3,(H,13,15)(H,16,17)/t6-,10+/m0/s1. The minimum Gasteiger partial charge on any atom is -0.479 e. The Hall–Kier alpha value is -0.870. The van der Waals surface area contributed by atoms with Gasteiger partial charge in [-0.05, 0) is 18.5 Å². The van der Waals surface area contributed by atoms with E-state index < -0.39 is 18.6 Å². The van der Waals surface area contributed by atoms with Gasteiger partial charge in [0.05, 0.1) is 18.3 Å². The van der Waals surface area contributed by atoms with Gasteiger partial charge in [0, 0.05) is 5.33 Å². The molecule has 1 fully saturated rings. The van der Waals surface area contributed by atoms with Crippen LogP contribution in [0.1, 0.15) is 0 Å². The molecular weight excluding hydrogens is 384 g/mol. The van der Waals surface area contributed by atoms with Gasteiger partial charge >= 0.3 is 5.97 Å². The van der Waals surface area contributed by atoms with Crippen LogP contribution in [0.5, 0.6) is 0 Å². The first-order valence-electron chi connectivity index (χ1n) is 5.92. The van der Waals surface area contributed by atoms with Crippen molar-refractivity contribution in [3.8, 4) is 0 Å². The summed E-state index contributed by atoms with van der Waals surface area (Å²) in [7, 11) is 0. The van der Waals surface area contributed by atoms with Gasteiger partial charge in [-0.15, -0.1) is 0 Å². The zero-order valence-corrected chi connectivity index (χ0v) is 14.4. The van der Waals surface area contributed by atoms with Gasteiger partial charge in [-0.2, -0.15) is 11.8 Å². The molecule has 21 heavy (non-hydrogen) atoms. The monoisotopic (exact) mass is 398 g/mol. The normalized spacial score (nSPS) is 20.7. The number of β-lactam (4-membered cyclic amide) rings is 1. The number of nitrogens with one attached hydrogen (secondary N) is 1. The van der Waals surface area contributed by atoms with E-state index >= 15 is 0 Å². The minimum absolute atomic E-state index is 0.0330. The lowest BCUT2D eigenvalue weighted by Crippen LogP contribution is -2.72. The number of halogens is 1. The molecule has 1 aliphatic rings. The van der Waals surface area contributed by atoms with Gasteiger partial charge in [-0.1, -0.05) is 15.9 Å². The number of hydrogen-bond donors (Lipinski definition) is 2. The van der Waals surface area contributed by atoms with Crippen molar-refractivity contribution in [1.29, 1.82) is 0 Å². The van der Waals surface area contributed by atoms with Gasteiger partial charge in [-0.3, -0.25) is 9.59 Å². The number of thioether (sulfide) groups is 1. The predicted molar refractivity (Wildman–Crippen MR) is 85.8 cm³/mol. The molecule has 1 aliphatic heterocycles. The van der Waals surface area contributed by atoms with Crippen molar-refractivity contribution in [2.24, 2.45) is 0 Å². The van der Waals surface area contributed by atoms with Crippen LogP contribution in [0, 0.1) is 0 Å². The highest BCUT2D eigenvalue weighted by Crippen LogP contribution is 2.22. The number of carbonyl (C=O) groups is 3. The number of aliphatic carboxylic acids is 1. The van der Waals surface area contributed by atoms with E-state index in [0.29, 0.717) is 11.1 Å². The van der Waals surface area contributed by atoms with Crippen molar-refractivity contribution in [2.45, 2.75) is 12.1 Å². The summed E-state index contributed by atoms with van der Waals surface area (Å²) in [6, 6.07) is -0.805. The number of carboxylic acids is 1. The molecule has 2 N–H and O–H groups in total. The Morgan fingerprint density at radius 1 is 1.57 bits per heavy atom. The Bertz CT molecular complexity index is 448. The van der Waals surface area contributed by atoms with Crippen molar-refractivity contribution in [3.05, 3.63) is 0 Å². The van der Waals surface area contributed by atoms with Gasteiger partial charge in [0.2, 0.25) is 11.8 Å². The van der Waals surface area contributed by atoms with E-state index in [1.54, 1.807) is 6.26 Å². The van der Waals surface area contributed by atoms with Crippen LogP contribution in [0.2, 0.25) is 0 Å². The number of amides is 2. The molecule has 0 aliphatic carbocycles. The Morgan fingerprint density at radius 3 is 2.76 bits per heavy atom. The second kappa shape index (κ2) is 8.54. The summed E-state index contributed by atoms with van der Waals surface area (Å²) in [4.78, 5) is 35.3. The average molecular weight is 399 g/mol. The fourth-order valence-electron chi connectivity index (χ4n) is 1.80. The third-order valence-electron chi connectivity index (χ3n) is 2.74. The van der Waals surface area contributed by atoms with E-state index in [-0.39, 0.29) is 29.5 Å². The average Bonchev–Trinajstić information content (AvgIpc) is 2.43. The summed E-state index contributed by atoms with van der Waals surface area (Å²) < 4.78 is 4.84. The largest absolute Gasteiger partial charge is 0.479 e. The van der Waals surface area contributed by atoms with Crippen molar-refractivity contribution >= 4 is 62.7 Å². The first-order valence-corrected chi connectivity index (χ1v) is 8.85. The number of carbonyl (C=O) groups excluding carboxylic acids is 2. The van der Waals surface area contributed by atoms with E-state index in [2.05, 4.69) is 21.2 Å². The Morgan fingerprint density at radius 2 is 2.24 bits per heavy atom. The number of rotatable bonds is 8. The van der Waals surface area contributed by atoms with E-state index in [1.807, 2.05) is 0 Å². The second-order valence-corrected chi connectivity index (χ2v) is 6.19. The molecule has 0 aromatic carbocycles. The molecule has 7 nitrogen and oxygen atoms in total. The van der Waals surface area contributed by atoms with Gasteiger partial charge in [-0.25, -0.2) is 4.79 Å². The van der Waals surface area contributed by atoms with Crippen LogP contribution in [-0.2, 0) is 19.1 Å². The molecule has 0 saturated carbocycles. The number of thiocarbonyl (C=S) groups is 1. The molecule has 0 radical (unpaired) electrons. The molecule has 2 amide bonds. The van der Waals surface area contributed by atoms with Crippen LogP contribution in [0.4, 0.5) is 0 Å². The maximum Gasteiger partial charge on any atom is 0.341 e. The first kappa shape index (κ1) is 18.2. The molecule has 2 atom stereocenters. The molecule has 1 saturated heterocycles. The molecular formula is C11H15BrN2O5S2. The summed E-state index contributed by atoms with van der Waals surface area (Å²) in [6.07, 6.45) is 1.80. The zero-order valence-electron chi connectivity index (χ0n) is 11.2. The molecule has 1 rings (SSSR count). The van der Waals surface area contributed by atoms with Gasteiger partial charge in [0.1, 0.15) is 6.04 Å². The van der Waals surface area contributed by atoms with Crippen LogP contribution in [0.3, 0.4) is 0 Å². The maximum absolute atomic E-state index is 12.0. The SMILES string of the molecule is CSCC(=O)N[C@H]1C(=O)N(CC(=S)OCC(=O)O)[C@H]1CBr. The number of likely N-dealkylation sites (tertiary alicyclic amines) is 1. The van der Waals surface area contributed by atoms with Crippen molar-refractivity contribution < 1.29 is 24.2 Å². The maximum atomic E-state index is 12.0. The van der Waals surface area contributed by atoms with Crippen molar-refractivity contribution in [2.75, 3.05) is 30.5 Å². The fraction of sp³-hybridized carbons (Fsp3) is 0.636. The molecule has 0 aromatic rings. The number of carboxylic acid groups (broad SMARTS) is 1. The lowest BCUT2D eigenvalue weighted by molar-refractivity contribution is -0.150. The van der Waals surface area contributed by atoms with Crippen LogP contribution in [-0.4, -0.2) is 75.4 Å². The highest BCUT2D eigenvalue weighted by Gasteiger charge is 2.47. The van der Waals surface area contributed by atoms with Gasteiger partial charge < -0.3 is 20.1 Å². The van der Waals surface area contributed by atoms with E-state index in [0.717, 1.165) is 0 Å². The van der Waals surface area contributed by atoms with E-state index in [9.17, 15) is 14.4 Å². The second-order valence-electron chi connectivity index (χ2n) is 4.22. The fourth-order valence-corrected chi connectivity index (χ4v) is 3.07. The highest BCUT2D eigenvalue weighted by molar-refractivity contribution is 9.09. The molecule has 1 heterocycles. The Balaban J connectivity index is 2.50. The number of nitrogens with zero attached hydrogens (tertiary/aromatic N) is 1. The highest BCUT2D eigenvalue weighted by atomic mass is 79.9. The summed E-state index contributed by atoms with van der Waals surface area (Å²) in [5.74, 6) is -1.29. The summed E-state index contributed by atoms with van der Waals surface area (Å²) in [6.45, 7) is -0.500. The van der Waals surface area contributed by atoms with Gasteiger partial charge in [0.15, 0.2) is 11.7 Å². The molecule has 0 spiro atoms. The molecule has 0 unspecified atom stereocenters. The van der Waals surface area contributed by atoms with Crippen molar-refractivity contribution in [3.63, 3.8) is 0 Å². The van der Waals surface area contributed by atoms with Crippen LogP contribution >= 0.6 is 39.9 Å². The quantitative estimate of drug-likeness (QED) is 0.334. The lowest BCUT2D eigenvalue weighted by atomic mass is 9.97. The number of ether oxygens (including phenoxy) is 1. The lowest BCUT2D eigenvalue weighted by Gasteiger charge is -2.46. The topological polar surface area (TPSA) is 95.9 Å². The molecule has 0 aromatic heterocycles. The van der Waals surface area contributed by atoms with Crippen LogP contribution < -0.4 is 5.32 Å². The van der Waals surface area contributed by atoms with Crippen LogP contribution in [0.25, 0.3) is 0 Å². The van der Waals surface area contributed by atoms with E-state index in [4.69, 9.17) is 22.1 Å². The number of alkyl halides is 1. The van der Waals surface area contributed by atoms with Crippen LogP contribution in [0.15, 0.2) is 0 Å². The predicted octanol–water partition coefficient (Wildman–Crippen LogP) is -0.131.